The molecule has 0 atom stereocenters. The fraction of sp³-hybridized carbons (Fsp3) is 0.333. The van der Waals surface area contributed by atoms with Crippen LogP contribution in [-0.2, 0) is 12.7 Å². The number of ether oxygens (including phenoxy) is 1. The van der Waals surface area contributed by atoms with Crippen LogP contribution in [0, 0.1) is 0 Å². The SMILES string of the molecule is CCOc1ccc2[nH]c(C(F)(F)F)c(CN)c2c1. The predicted molar refractivity (Wildman–Crippen MR) is 62.4 cm³/mol. The molecule has 2 aromatic rings. The van der Waals surface area contributed by atoms with Gasteiger partial charge in [-0.2, -0.15) is 13.2 Å². The minimum atomic E-state index is -4.43. The Bertz CT molecular complexity index is 560. The summed E-state index contributed by atoms with van der Waals surface area (Å²) in [6, 6.07) is 4.77. The number of H-pyrrole nitrogens is 1. The lowest BCUT2D eigenvalue weighted by molar-refractivity contribution is -0.141. The molecule has 98 valence electrons. The third kappa shape index (κ3) is 2.15. The fourth-order valence-electron chi connectivity index (χ4n) is 1.94. The van der Waals surface area contributed by atoms with Crippen LogP contribution < -0.4 is 10.5 Å². The number of aromatic amines is 1. The molecular weight excluding hydrogens is 245 g/mol. The van der Waals surface area contributed by atoms with Gasteiger partial charge in [0.05, 0.1) is 6.61 Å². The number of hydrogen-bond acceptors (Lipinski definition) is 2. The number of benzene rings is 1. The average molecular weight is 258 g/mol. The Balaban J connectivity index is 2.63. The first kappa shape index (κ1) is 12.8. The van der Waals surface area contributed by atoms with Crippen molar-refractivity contribution in [1.82, 2.24) is 4.98 Å². The van der Waals surface area contributed by atoms with E-state index in [2.05, 4.69) is 4.98 Å². The highest BCUT2D eigenvalue weighted by Gasteiger charge is 2.35. The molecule has 18 heavy (non-hydrogen) atoms. The topological polar surface area (TPSA) is 51.0 Å². The lowest BCUT2D eigenvalue weighted by atomic mass is 10.1. The molecular formula is C12H13F3N2O. The second-order valence-corrected chi connectivity index (χ2v) is 3.82. The van der Waals surface area contributed by atoms with Crippen molar-refractivity contribution in [3.05, 3.63) is 29.5 Å². The van der Waals surface area contributed by atoms with Gasteiger partial charge in [0.25, 0.3) is 0 Å². The Kier molecular flexibility index (Phi) is 3.21. The van der Waals surface area contributed by atoms with Crippen LogP contribution in [-0.4, -0.2) is 11.6 Å². The van der Waals surface area contributed by atoms with Gasteiger partial charge in [-0.25, -0.2) is 0 Å². The van der Waals surface area contributed by atoms with E-state index in [-0.39, 0.29) is 12.1 Å². The van der Waals surface area contributed by atoms with Gasteiger partial charge >= 0.3 is 6.18 Å². The molecule has 0 fully saturated rings. The Labute approximate surface area is 102 Å². The van der Waals surface area contributed by atoms with Crippen LogP contribution in [0.1, 0.15) is 18.2 Å². The van der Waals surface area contributed by atoms with E-state index in [4.69, 9.17) is 10.5 Å². The molecule has 0 aliphatic heterocycles. The van der Waals surface area contributed by atoms with Crippen molar-refractivity contribution in [2.24, 2.45) is 5.73 Å². The summed E-state index contributed by atoms with van der Waals surface area (Å²) in [7, 11) is 0. The predicted octanol–water partition coefficient (Wildman–Crippen LogP) is 3.04. The molecule has 0 amide bonds. The van der Waals surface area contributed by atoms with Crippen LogP contribution in [0.5, 0.6) is 5.75 Å². The molecule has 3 N–H and O–H groups in total. The first-order valence-corrected chi connectivity index (χ1v) is 5.52. The van der Waals surface area contributed by atoms with E-state index in [9.17, 15) is 13.2 Å². The maximum atomic E-state index is 12.8. The highest BCUT2D eigenvalue weighted by Crippen LogP contribution is 2.36. The van der Waals surface area contributed by atoms with E-state index >= 15 is 0 Å². The second-order valence-electron chi connectivity index (χ2n) is 3.82. The zero-order valence-corrected chi connectivity index (χ0v) is 9.77. The summed E-state index contributed by atoms with van der Waals surface area (Å²) < 4.78 is 43.7. The molecule has 3 nitrogen and oxygen atoms in total. The standard InChI is InChI=1S/C12H13F3N2O/c1-2-18-7-3-4-10-8(5-7)9(6-16)11(17-10)12(13,14)15/h3-5,17H,2,6,16H2,1H3. The lowest BCUT2D eigenvalue weighted by Gasteiger charge is -2.06. The molecule has 1 aromatic carbocycles. The molecule has 0 saturated heterocycles. The van der Waals surface area contributed by atoms with Gasteiger partial charge in [0, 0.05) is 23.0 Å². The van der Waals surface area contributed by atoms with Crippen molar-refractivity contribution in [3.63, 3.8) is 0 Å². The van der Waals surface area contributed by atoms with E-state index in [0.29, 0.717) is 23.3 Å². The van der Waals surface area contributed by atoms with Crippen molar-refractivity contribution in [3.8, 4) is 5.75 Å². The maximum absolute atomic E-state index is 12.8. The van der Waals surface area contributed by atoms with Crippen molar-refractivity contribution in [2.75, 3.05) is 6.61 Å². The molecule has 0 aliphatic rings. The van der Waals surface area contributed by atoms with Crippen molar-refractivity contribution < 1.29 is 17.9 Å². The van der Waals surface area contributed by atoms with E-state index in [1.807, 2.05) is 6.92 Å². The smallest absolute Gasteiger partial charge is 0.431 e. The Morgan fingerprint density at radius 1 is 1.33 bits per heavy atom. The highest BCUT2D eigenvalue weighted by molar-refractivity contribution is 5.86. The third-order valence-electron chi connectivity index (χ3n) is 2.68. The van der Waals surface area contributed by atoms with Gasteiger partial charge < -0.3 is 15.5 Å². The quantitative estimate of drug-likeness (QED) is 0.889. The fourth-order valence-corrected chi connectivity index (χ4v) is 1.94. The van der Waals surface area contributed by atoms with Gasteiger partial charge in [-0.05, 0) is 25.1 Å². The normalized spacial score (nSPS) is 12.1. The monoisotopic (exact) mass is 258 g/mol. The summed E-state index contributed by atoms with van der Waals surface area (Å²) in [5, 5.41) is 0.454. The van der Waals surface area contributed by atoms with Gasteiger partial charge in [0.1, 0.15) is 11.4 Å². The summed E-state index contributed by atoms with van der Waals surface area (Å²) in [5.74, 6) is 0.535. The molecule has 0 spiro atoms. The minimum absolute atomic E-state index is 0.0686. The summed E-state index contributed by atoms with van der Waals surface area (Å²) in [6.45, 7) is 2.09. The van der Waals surface area contributed by atoms with E-state index in [1.54, 1.807) is 18.2 Å². The van der Waals surface area contributed by atoms with Gasteiger partial charge in [0.2, 0.25) is 0 Å². The maximum Gasteiger partial charge on any atom is 0.431 e. The highest BCUT2D eigenvalue weighted by atomic mass is 19.4. The number of nitrogens with two attached hydrogens (primary N) is 1. The molecule has 1 aromatic heterocycles. The average Bonchev–Trinajstić information content (AvgIpc) is 2.67. The molecule has 0 saturated carbocycles. The van der Waals surface area contributed by atoms with E-state index in [0.717, 1.165) is 0 Å². The second kappa shape index (κ2) is 4.53. The zero-order chi connectivity index (χ0) is 13.3. The van der Waals surface area contributed by atoms with Gasteiger partial charge in [-0.15, -0.1) is 0 Å². The van der Waals surface area contributed by atoms with Crippen LogP contribution in [0.4, 0.5) is 13.2 Å². The molecule has 0 bridgehead atoms. The molecule has 0 aliphatic carbocycles. The van der Waals surface area contributed by atoms with Crippen LogP contribution in [0.15, 0.2) is 18.2 Å². The number of fused-ring (bicyclic) bond motifs is 1. The zero-order valence-electron chi connectivity index (χ0n) is 9.77. The third-order valence-corrected chi connectivity index (χ3v) is 2.68. The van der Waals surface area contributed by atoms with Crippen molar-refractivity contribution >= 4 is 10.9 Å². The van der Waals surface area contributed by atoms with Gasteiger partial charge in [0.15, 0.2) is 0 Å². The van der Waals surface area contributed by atoms with E-state index < -0.39 is 11.9 Å². The molecule has 0 unspecified atom stereocenters. The summed E-state index contributed by atoms with van der Waals surface area (Å²) in [6.07, 6.45) is -4.43. The van der Waals surface area contributed by atoms with Gasteiger partial charge in [-0.3, -0.25) is 0 Å². The number of nitrogens with one attached hydrogen (secondary N) is 1. The Morgan fingerprint density at radius 2 is 2.06 bits per heavy atom. The summed E-state index contributed by atoms with van der Waals surface area (Å²) >= 11 is 0. The molecule has 0 radical (unpaired) electrons. The van der Waals surface area contributed by atoms with Crippen LogP contribution in [0.3, 0.4) is 0 Å². The van der Waals surface area contributed by atoms with Crippen molar-refractivity contribution in [1.29, 1.82) is 0 Å². The number of aromatic nitrogens is 1. The molecule has 6 heteroatoms. The number of alkyl halides is 3. The Morgan fingerprint density at radius 3 is 2.61 bits per heavy atom. The lowest BCUT2D eigenvalue weighted by Crippen LogP contribution is -2.11. The first-order chi connectivity index (χ1) is 8.47. The van der Waals surface area contributed by atoms with Crippen LogP contribution in [0.25, 0.3) is 10.9 Å². The summed E-state index contributed by atoms with van der Waals surface area (Å²) in [5.41, 5.74) is 5.11. The van der Waals surface area contributed by atoms with Crippen LogP contribution >= 0.6 is 0 Å². The minimum Gasteiger partial charge on any atom is -0.494 e. The number of halogens is 3. The summed E-state index contributed by atoms with van der Waals surface area (Å²) in [4.78, 5) is 2.36. The van der Waals surface area contributed by atoms with E-state index in [1.165, 1.54) is 0 Å². The first-order valence-electron chi connectivity index (χ1n) is 5.52. The Hall–Kier alpha value is -1.69. The van der Waals surface area contributed by atoms with Gasteiger partial charge in [-0.1, -0.05) is 0 Å². The largest absolute Gasteiger partial charge is 0.494 e. The number of hydrogen-bond donors (Lipinski definition) is 2. The molecule has 2 rings (SSSR count). The van der Waals surface area contributed by atoms with Crippen molar-refractivity contribution in [2.45, 2.75) is 19.6 Å². The number of rotatable bonds is 3. The molecule has 1 heterocycles. The van der Waals surface area contributed by atoms with Crippen LogP contribution in [0.2, 0.25) is 0 Å².